The van der Waals surface area contributed by atoms with Crippen LogP contribution in [-0.2, 0) is 17.1 Å². The molecule has 0 bridgehead atoms. The summed E-state index contributed by atoms with van der Waals surface area (Å²) in [5, 5.41) is 0.840. The molecule has 0 aliphatic heterocycles. The van der Waals surface area contributed by atoms with Gasteiger partial charge in [-0.15, -0.1) is 0 Å². The van der Waals surface area contributed by atoms with E-state index in [4.69, 9.17) is 0 Å². The van der Waals surface area contributed by atoms with Crippen molar-refractivity contribution in [1.82, 2.24) is 14.3 Å². The summed E-state index contributed by atoms with van der Waals surface area (Å²) < 4.78 is 27.1. The van der Waals surface area contributed by atoms with E-state index in [0.717, 1.165) is 11.8 Å². The molecule has 1 aromatic rings. The maximum Gasteiger partial charge on any atom is 0.259 e. The Hall–Kier alpha value is -0.400. The molecule has 0 atom stereocenters. The molecular weight excluding hydrogens is 270 g/mol. The van der Waals surface area contributed by atoms with Crippen molar-refractivity contribution in [2.75, 3.05) is 11.9 Å². The zero-order chi connectivity index (χ0) is 10.6. The molecule has 0 spiro atoms. The predicted molar refractivity (Wildman–Crippen MR) is 56.8 cm³/mol. The normalized spacial score (nSPS) is 11.9. The Morgan fingerprint density at radius 1 is 1.64 bits per heavy atom. The van der Waals surface area contributed by atoms with Gasteiger partial charge in [-0.25, -0.2) is 18.1 Å². The van der Waals surface area contributed by atoms with Crippen molar-refractivity contribution < 1.29 is 8.42 Å². The van der Waals surface area contributed by atoms with Crippen LogP contribution in [0, 0.1) is 0 Å². The van der Waals surface area contributed by atoms with Crippen LogP contribution < -0.4 is 4.72 Å². The lowest BCUT2D eigenvalue weighted by Gasteiger charge is -2.01. The molecule has 0 aliphatic carbocycles. The molecular formula is C7H12BrN3O2S. The van der Waals surface area contributed by atoms with E-state index in [9.17, 15) is 8.42 Å². The van der Waals surface area contributed by atoms with Crippen LogP contribution in [-0.4, -0.2) is 29.8 Å². The van der Waals surface area contributed by atoms with Crippen LogP contribution in [0.5, 0.6) is 0 Å². The molecule has 0 saturated carbocycles. The first-order chi connectivity index (χ1) is 6.56. The first kappa shape index (κ1) is 11.7. The van der Waals surface area contributed by atoms with Crippen molar-refractivity contribution in [2.24, 2.45) is 7.05 Å². The Morgan fingerprint density at radius 3 is 2.86 bits per heavy atom. The van der Waals surface area contributed by atoms with E-state index in [2.05, 4.69) is 25.6 Å². The number of aromatic nitrogens is 2. The maximum atomic E-state index is 11.5. The molecule has 1 heterocycles. The van der Waals surface area contributed by atoms with Crippen molar-refractivity contribution in [3.8, 4) is 0 Å². The molecule has 14 heavy (non-hydrogen) atoms. The Labute approximate surface area is 91.7 Å². The van der Waals surface area contributed by atoms with Crippen LogP contribution in [0.4, 0.5) is 0 Å². The smallest absolute Gasteiger partial charge is 0.259 e. The van der Waals surface area contributed by atoms with Gasteiger partial charge in [0, 0.05) is 25.1 Å². The molecule has 5 nitrogen and oxygen atoms in total. The number of halogens is 1. The van der Waals surface area contributed by atoms with Crippen molar-refractivity contribution in [2.45, 2.75) is 11.4 Å². The van der Waals surface area contributed by atoms with Crippen LogP contribution in [0.25, 0.3) is 0 Å². The van der Waals surface area contributed by atoms with Crippen LogP contribution in [0.1, 0.15) is 6.42 Å². The van der Waals surface area contributed by atoms with Crippen molar-refractivity contribution >= 4 is 26.0 Å². The number of hydrogen-bond donors (Lipinski definition) is 1. The lowest BCUT2D eigenvalue weighted by Crippen LogP contribution is -2.25. The largest absolute Gasteiger partial charge is 0.339 e. The number of nitrogens with zero attached hydrogens (tertiary/aromatic N) is 2. The lowest BCUT2D eigenvalue weighted by atomic mass is 10.5. The molecule has 0 saturated heterocycles. The average molecular weight is 282 g/mol. The van der Waals surface area contributed by atoms with Crippen molar-refractivity contribution in [3.63, 3.8) is 0 Å². The van der Waals surface area contributed by atoms with Gasteiger partial charge < -0.3 is 4.57 Å². The van der Waals surface area contributed by atoms with E-state index in [0.29, 0.717) is 6.54 Å². The monoisotopic (exact) mass is 281 g/mol. The highest BCUT2D eigenvalue weighted by Gasteiger charge is 2.15. The minimum absolute atomic E-state index is 0.0644. The van der Waals surface area contributed by atoms with E-state index in [1.807, 2.05) is 0 Å². The van der Waals surface area contributed by atoms with Crippen LogP contribution in [0.3, 0.4) is 0 Å². The molecule has 7 heteroatoms. The molecule has 0 unspecified atom stereocenters. The first-order valence-electron chi connectivity index (χ1n) is 4.10. The number of hydrogen-bond acceptors (Lipinski definition) is 3. The third kappa shape index (κ3) is 3.07. The second kappa shape index (κ2) is 4.90. The number of aryl methyl sites for hydroxylation is 1. The summed E-state index contributed by atoms with van der Waals surface area (Å²) in [6.45, 7) is 0.421. The quantitative estimate of drug-likeness (QED) is 0.631. The third-order valence-corrected chi connectivity index (χ3v) is 3.47. The van der Waals surface area contributed by atoms with Gasteiger partial charge in [0.05, 0.1) is 6.33 Å². The number of rotatable bonds is 5. The molecule has 1 aromatic heterocycles. The van der Waals surface area contributed by atoms with E-state index in [1.165, 1.54) is 12.5 Å². The van der Waals surface area contributed by atoms with Gasteiger partial charge in [-0.2, -0.15) is 0 Å². The van der Waals surface area contributed by atoms with E-state index in [1.54, 1.807) is 11.6 Å². The molecule has 0 aliphatic rings. The molecule has 0 aromatic carbocycles. The van der Waals surface area contributed by atoms with E-state index < -0.39 is 10.0 Å². The summed E-state index contributed by atoms with van der Waals surface area (Å²) in [5.74, 6) is 0. The van der Waals surface area contributed by atoms with Gasteiger partial charge in [0.15, 0.2) is 5.03 Å². The van der Waals surface area contributed by atoms with Crippen molar-refractivity contribution in [3.05, 3.63) is 12.5 Å². The minimum Gasteiger partial charge on any atom is -0.339 e. The van der Waals surface area contributed by atoms with Gasteiger partial charge in [-0.05, 0) is 6.42 Å². The molecule has 1 N–H and O–H groups in total. The fraction of sp³-hybridized carbons (Fsp3) is 0.571. The fourth-order valence-electron chi connectivity index (χ4n) is 0.875. The Balaban J connectivity index is 2.66. The molecule has 0 amide bonds. The van der Waals surface area contributed by atoms with Crippen LogP contribution in [0.15, 0.2) is 17.6 Å². The molecule has 80 valence electrons. The molecule has 0 radical (unpaired) electrons. The summed E-state index contributed by atoms with van der Waals surface area (Å²) >= 11 is 3.22. The highest BCUT2D eigenvalue weighted by molar-refractivity contribution is 9.09. The molecule has 0 fully saturated rings. The van der Waals surface area contributed by atoms with Gasteiger partial charge in [-0.1, -0.05) is 15.9 Å². The average Bonchev–Trinajstić information content (AvgIpc) is 2.53. The third-order valence-electron chi connectivity index (χ3n) is 1.56. The summed E-state index contributed by atoms with van der Waals surface area (Å²) in [6, 6.07) is 0. The number of imidazole rings is 1. The second-order valence-electron chi connectivity index (χ2n) is 2.82. The Morgan fingerprint density at radius 2 is 2.36 bits per heavy atom. The minimum atomic E-state index is -3.41. The van der Waals surface area contributed by atoms with Crippen LogP contribution in [0.2, 0.25) is 0 Å². The second-order valence-corrected chi connectivity index (χ2v) is 5.32. The fourth-order valence-corrected chi connectivity index (χ4v) is 2.21. The SMILES string of the molecule is Cn1cnc(S(=O)(=O)NCCCBr)c1. The predicted octanol–water partition coefficient (Wildman–Crippen LogP) is 0.483. The summed E-state index contributed by atoms with van der Waals surface area (Å²) in [5.41, 5.74) is 0. The standard InChI is InChI=1S/C7H12BrN3O2S/c1-11-5-7(9-6-11)14(12,13)10-4-2-3-8/h5-6,10H,2-4H2,1H3. The Bertz CT molecular complexity index is 387. The van der Waals surface area contributed by atoms with Gasteiger partial charge in [0.2, 0.25) is 0 Å². The maximum absolute atomic E-state index is 11.5. The lowest BCUT2D eigenvalue weighted by molar-refractivity contribution is 0.578. The molecule has 1 rings (SSSR count). The zero-order valence-corrected chi connectivity index (χ0v) is 10.2. The van der Waals surface area contributed by atoms with Crippen LogP contribution >= 0.6 is 15.9 Å². The summed E-state index contributed by atoms with van der Waals surface area (Å²) in [4.78, 5) is 3.77. The zero-order valence-electron chi connectivity index (χ0n) is 7.77. The Kier molecular flexibility index (Phi) is 4.09. The van der Waals surface area contributed by atoms with Gasteiger partial charge in [0.25, 0.3) is 10.0 Å². The number of sulfonamides is 1. The van der Waals surface area contributed by atoms with Gasteiger partial charge in [-0.3, -0.25) is 0 Å². The van der Waals surface area contributed by atoms with E-state index >= 15 is 0 Å². The topological polar surface area (TPSA) is 64.0 Å². The number of nitrogens with one attached hydrogen (secondary N) is 1. The van der Waals surface area contributed by atoms with Gasteiger partial charge in [0.1, 0.15) is 0 Å². The summed E-state index contributed by atoms with van der Waals surface area (Å²) in [6.07, 6.45) is 3.68. The van der Waals surface area contributed by atoms with Gasteiger partial charge >= 0.3 is 0 Å². The van der Waals surface area contributed by atoms with Crippen molar-refractivity contribution in [1.29, 1.82) is 0 Å². The number of alkyl halides is 1. The summed E-state index contributed by atoms with van der Waals surface area (Å²) in [7, 11) is -1.69. The van der Waals surface area contributed by atoms with E-state index in [-0.39, 0.29) is 5.03 Å². The first-order valence-corrected chi connectivity index (χ1v) is 6.70. The highest BCUT2D eigenvalue weighted by Crippen LogP contribution is 2.03. The highest BCUT2D eigenvalue weighted by atomic mass is 79.9.